The highest BCUT2D eigenvalue weighted by Gasteiger charge is 2.14. The second-order valence-electron chi connectivity index (χ2n) is 5.71. The molecule has 0 saturated heterocycles. The minimum Gasteiger partial charge on any atom is -0.497 e. The molecule has 0 aliphatic carbocycles. The van der Waals surface area contributed by atoms with E-state index in [-0.39, 0.29) is 18.1 Å². The summed E-state index contributed by atoms with van der Waals surface area (Å²) >= 11 is 3.28. The maximum atomic E-state index is 12.2. The van der Waals surface area contributed by atoms with Crippen LogP contribution in [0.5, 0.6) is 17.2 Å². The highest BCUT2D eigenvalue weighted by molar-refractivity contribution is 9.10. The first-order chi connectivity index (χ1) is 13.5. The van der Waals surface area contributed by atoms with Crippen LogP contribution >= 0.6 is 15.9 Å². The van der Waals surface area contributed by atoms with Crippen molar-refractivity contribution >= 4 is 27.8 Å². The quantitative estimate of drug-likeness (QED) is 0.590. The summed E-state index contributed by atoms with van der Waals surface area (Å²) in [6, 6.07) is 10.5. The number of hydrogen-bond donors (Lipinski definition) is 1. The van der Waals surface area contributed by atoms with E-state index in [0.29, 0.717) is 34.7 Å². The predicted molar refractivity (Wildman–Crippen MR) is 107 cm³/mol. The summed E-state index contributed by atoms with van der Waals surface area (Å²) in [5.74, 6) is 0.804. The molecular formula is C20H22BrNO6. The zero-order chi connectivity index (χ0) is 20.5. The van der Waals surface area contributed by atoms with Crippen molar-refractivity contribution in [2.24, 2.45) is 0 Å². The molecule has 0 bridgehead atoms. The van der Waals surface area contributed by atoms with E-state index in [2.05, 4.69) is 21.2 Å². The number of methoxy groups -OCH3 is 3. The zero-order valence-electron chi connectivity index (χ0n) is 15.9. The number of halogens is 1. The Balaban J connectivity index is 1.81. The average Bonchev–Trinajstić information content (AvgIpc) is 2.72. The number of ether oxygens (including phenoxy) is 4. The number of rotatable bonds is 9. The van der Waals surface area contributed by atoms with E-state index < -0.39 is 5.97 Å². The second kappa shape index (κ2) is 10.6. The lowest BCUT2D eigenvalue weighted by molar-refractivity contribution is -0.124. The third-order valence-corrected chi connectivity index (χ3v) is 4.60. The van der Waals surface area contributed by atoms with Crippen molar-refractivity contribution < 1.29 is 28.5 Å². The lowest BCUT2D eigenvalue weighted by atomic mass is 10.1. The van der Waals surface area contributed by atoms with E-state index in [1.165, 1.54) is 7.11 Å². The van der Waals surface area contributed by atoms with Gasteiger partial charge in [-0.25, -0.2) is 4.79 Å². The van der Waals surface area contributed by atoms with Crippen LogP contribution in [0.3, 0.4) is 0 Å². The van der Waals surface area contributed by atoms with Gasteiger partial charge in [0.05, 0.1) is 26.9 Å². The Morgan fingerprint density at radius 3 is 2.39 bits per heavy atom. The summed E-state index contributed by atoms with van der Waals surface area (Å²) in [5.41, 5.74) is 1.27. The SMILES string of the molecule is COc1ccc(Br)c(C(=O)OCC(=O)NCCc2ccc(OC)c(OC)c2)c1. The molecule has 7 nitrogen and oxygen atoms in total. The zero-order valence-corrected chi connectivity index (χ0v) is 17.5. The van der Waals surface area contributed by atoms with Gasteiger partial charge < -0.3 is 24.3 Å². The molecular weight excluding hydrogens is 430 g/mol. The van der Waals surface area contributed by atoms with Gasteiger partial charge in [0.2, 0.25) is 0 Å². The highest BCUT2D eigenvalue weighted by atomic mass is 79.9. The summed E-state index contributed by atoms with van der Waals surface area (Å²) in [6.07, 6.45) is 0.599. The molecule has 0 fully saturated rings. The Kier molecular flexibility index (Phi) is 8.13. The van der Waals surface area contributed by atoms with Gasteiger partial charge in [-0.1, -0.05) is 6.07 Å². The standard InChI is InChI=1S/C20H22BrNO6/c1-25-14-5-6-16(21)15(11-14)20(24)28-12-19(23)22-9-8-13-4-7-17(26-2)18(10-13)27-3/h4-7,10-11H,8-9,12H2,1-3H3,(H,22,23). The van der Waals surface area contributed by atoms with Gasteiger partial charge >= 0.3 is 5.97 Å². The molecule has 8 heteroatoms. The number of carbonyl (C=O) groups excluding carboxylic acids is 2. The van der Waals surface area contributed by atoms with Crippen LogP contribution < -0.4 is 19.5 Å². The molecule has 0 radical (unpaired) electrons. The van der Waals surface area contributed by atoms with Crippen molar-refractivity contribution in [2.75, 3.05) is 34.5 Å². The van der Waals surface area contributed by atoms with Crippen molar-refractivity contribution in [3.05, 3.63) is 52.0 Å². The Labute approximate surface area is 172 Å². The monoisotopic (exact) mass is 451 g/mol. The molecule has 0 aliphatic heterocycles. The summed E-state index contributed by atoms with van der Waals surface area (Å²) in [6.45, 7) is 0.0309. The number of carbonyl (C=O) groups is 2. The molecule has 2 rings (SSSR count). The molecule has 0 unspecified atom stereocenters. The van der Waals surface area contributed by atoms with E-state index in [9.17, 15) is 9.59 Å². The number of nitrogens with one attached hydrogen (secondary N) is 1. The molecule has 28 heavy (non-hydrogen) atoms. The average molecular weight is 452 g/mol. The largest absolute Gasteiger partial charge is 0.497 e. The lowest BCUT2D eigenvalue weighted by Crippen LogP contribution is -2.30. The van der Waals surface area contributed by atoms with Crippen molar-refractivity contribution in [3.63, 3.8) is 0 Å². The van der Waals surface area contributed by atoms with Crippen LogP contribution in [0.15, 0.2) is 40.9 Å². The van der Waals surface area contributed by atoms with Crippen LogP contribution in [0.2, 0.25) is 0 Å². The molecule has 0 saturated carbocycles. The fourth-order valence-electron chi connectivity index (χ4n) is 2.43. The molecule has 0 aliphatic rings. The Hall–Kier alpha value is -2.74. The van der Waals surface area contributed by atoms with Crippen LogP contribution in [0.25, 0.3) is 0 Å². The minimum absolute atomic E-state index is 0.289. The molecule has 0 heterocycles. The van der Waals surface area contributed by atoms with Crippen LogP contribution in [-0.4, -0.2) is 46.4 Å². The molecule has 0 spiro atoms. The minimum atomic E-state index is -0.610. The maximum Gasteiger partial charge on any atom is 0.339 e. The van der Waals surface area contributed by atoms with E-state index >= 15 is 0 Å². The Morgan fingerprint density at radius 1 is 0.964 bits per heavy atom. The number of amides is 1. The summed E-state index contributed by atoms with van der Waals surface area (Å²) < 4.78 is 21.2. The predicted octanol–water partition coefficient (Wildman–Crippen LogP) is 2.99. The summed E-state index contributed by atoms with van der Waals surface area (Å²) in [4.78, 5) is 24.1. The fraction of sp³-hybridized carbons (Fsp3) is 0.300. The summed E-state index contributed by atoms with van der Waals surface area (Å²) in [5, 5.41) is 2.72. The maximum absolute atomic E-state index is 12.2. The molecule has 1 amide bonds. The number of hydrogen-bond acceptors (Lipinski definition) is 6. The van der Waals surface area contributed by atoms with Crippen molar-refractivity contribution in [1.29, 1.82) is 0 Å². The first-order valence-electron chi connectivity index (χ1n) is 8.46. The first kappa shape index (κ1) is 21.6. The smallest absolute Gasteiger partial charge is 0.339 e. The Morgan fingerprint density at radius 2 is 1.71 bits per heavy atom. The third-order valence-electron chi connectivity index (χ3n) is 3.91. The third kappa shape index (κ3) is 5.88. The molecule has 0 aromatic heterocycles. The Bertz CT molecular complexity index is 839. The fourth-order valence-corrected chi connectivity index (χ4v) is 2.84. The van der Waals surface area contributed by atoms with Gasteiger partial charge in [-0.2, -0.15) is 0 Å². The van der Waals surface area contributed by atoms with Gasteiger partial charge in [-0.15, -0.1) is 0 Å². The lowest BCUT2D eigenvalue weighted by Gasteiger charge is -2.10. The van der Waals surface area contributed by atoms with Crippen LogP contribution in [0.1, 0.15) is 15.9 Å². The van der Waals surface area contributed by atoms with Gasteiger partial charge in [0.15, 0.2) is 18.1 Å². The van der Waals surface area contributed by atoms with Crippen molar-refractivity contribution in [1.82, 2.24) is 5.32 Å². The molecule has 0 atom stereocenters. The van der Waals surface area contributed by atoms with Gasteiger partial charge in [-0.05, 0) is 58.2 Å². The van der Waals surface area contributed by atoms with Gasteiger partial charge in [0.1, 0.15) is 5.75 Å². The molecule has 2 aromatic carbocycles. The van der Waals surface area contributed by atoms with E-state index in [0.717, 1.165) is 5.56 Å². The van der Waals surface area contributed by atoms with Crippen molar-refractivity contribution in [2.45, 2.75) is 6.42 Å². The van der Waals surface area contributed by atoms with Gasteiger partial charge in [-0.3, -0.25) is 4.79 Å². The van der Waals surface area contributed by atoms with Crippen LogP contribution in [0, 0.1) is 0 Å². The number of benzene rings is 2. The van der Waals surface area contributed by atoms with E-state index in [1.54, 1.807) is 32.4 Å². The van der Waals surface area contributed by atoms with E-state index in [4.69, 9.17) is 18.9 Å². The highest BCUT2D eigenvalue weighted by Crippen LogP contribution is 2.27. The first-order valence-corrected chi connectivity index (χ1v) is 9.26. The normalized spacial score (nSPS) is 10.1. The summed E-state index contributed by atoms with van der Waals surface area (Å²) in [7, 11) is 4.64. The van der Waals surface area contributed by atoms with E-state index in [1.807, 2.05) is 18.2 Å². The topological polar surface area (TPSA) is 83.1 Å². The van der Waals surface area contributed by atoms with Gasteiger partial charge in [0, 0.05) is 11.0 Å². The molecule has 150 valence electrons. The van der Waals surface area contributed by atoms with Crippen molar-refractivity contribution in [3.8, 4) is 17.2 Å². The molecule has 2 aromatic rings. The molecule has 1 N–H and O–H groups in total. The second-order valence-corrected chi connectivity index (χ2v) is 6.57. The van der Waals surface area contributed by atoms with Crippen LogP contribution in [-0.2, 0) is 16.0 Å². The van der Waals surface area contributed by atoms with Crippen LogP contribution in [0.4, 0.5) is 0 Å². The van der Waals surface area contributed by atoms with Gasteiger partial charge in [0.25, 0.3) is 5.91 Å². The number of esters is 1.